The molecule has 1 aromatic rings. The third-order valence-corrected chi connectivity index (χ3v) is 5.35. The normalized spacial score (nSPS) is 29.4. The molecule has 2 fully saturated rings. The predicted octanol–water partition coefficient (Wildman–Crippen LogP) is 2.87. The Morgan fingerprint density at radius 2 is 1.44 bits per heavy atom. The fraction of sp³-hybridized carbons (Fsp3) is 0.350. The molecule has 5 heteroatoms. The van der Waals surface area contributed by atoms with Gasteiger partial charge in [0.25, 0.3) is 0 Å². The first-order chi connectivity index (χ1) is 11.9. The number of benzene rings is 1. The number of hydrogen-bond acceptors (Lipinski definition) is 4. The molecule has 25 heavy (non-hydrogen) atoms. The van der Waals surface area contributed by atoms with E-state index in [9.17, 15) is 14.4 Å². The molecule has 0 N–H and O–H groups in total. The number of imide groups is 1. The van der Waals surface area contributed by atoms with Gasteiger partial charge in [0.2, 0.25) is 11.8 Å². The minimum atomic E-state index is -0.410. The fourth-order valence-corrected chi connectivity index (χ4v) is 4.51. The zero-order chi connectivity index (χ0) is 17.9. The van der Waals surface area contributed by atoms with E-state index in [0.29, 0.717) is 11.4 Å². The molecule has 0 unspecified atom stereocenters. The molecule has 0 radical (unpaired) electrons. The number of carbonyl (C=O) groups is 3. The van der Waals surface area contributed by atoms with Crippen LogP contribution >= 0.6 is 0 Å². The largest absolute Gasteiger partial charge is 0.427 e. The highest BCUT2D eigenvalue weighted by Gasteiger charge is 2.61. The van der Waals surface area contributed by atoms with Crippen molar-refractivity contribution in [3.8, 4) is 5.75 Å². The number of fused-ring (bicyclic) bond motifs is 5. The van der Waals surface area contributed by atoms with Crippen LogP contribution in [0.4, 0.5) is 5.69 Å². The molecule has 4 atom stereocenters. The third kappa shape index (κ3) is 2.18. The Morgan fingerprint density at radius 1 is 0.920 bits per heavy atom. The Balaban J connectivity index is 1.65. The number of allylic oxidation sites excluding steroid dienone is 4. The Bertz CT molecular complexity index is 811. The minimum Gasteiger partial charge on any atom is -0.427 e. The van der Waals surface area contributed by atoms with E-state index >= 15 is 0 Å². The van der Waals surface area contributed by atoms with Gasteiger partial charge >= 0.3 is 5.97 Å². The first kappa shape index (κ1) is 15.8. The molecule has 0 aromatic heterocycles. The van der Waals surface area contributed by atoms with E-state index in [0.717, 1.165) is 0 Å². The second-order valence-electron chi connectivity index (χ2n) is 7.04. The molecular formula is C20H19NO4. The number of nitrogens with zero attached hydrogens (tertiary/aromatic N) is 1. The van der Waals surface area contributed by atoms with Gasteiger partial charge in [-0.05, 0) is 38.1 Å². The van der Waals surface area contributed by atoms with E-state index in [1.54, 1.807) is 24.3 Å². The van der Waals surface area contributed by atoms with Crippen molar-refractivity contribution >= 4 is 23.5 Å². The van der Waals surface area contributed by atoms with Gasteiger partial charge in [0.1, 0.15) is 5.75 Å². The Morgan fingerprint density at radius 3 is 1.88 bits per heavy atom. The molecule has 1 aromatic carbocycles. The SMILES string of the molecule is CC(=O)Oc1ccc(N2C(=O)[C@@H]3[C@H](C2=O)[C@H]2C=C[C@H]3C2=C(C)C)cc1. The molecule has 2 amide bonds. The number of esters is 1. The first-order valence-electron chi connectivity index (χ1n) is 8.42. The maximum absolute atomic E-state index is 13.0. The highest BCUT2D eigenvalue weighted by Crippen LogP contribution is 2.57. The summed E-state index contributed by atoms with van der Waals surface area (Å²) in [6, 6.07) is 6.48. The smallest absolute Gasteiger partial charge is 0.308 e. The van der Waals surface area contributed by atoms with Crippen LogP contribution in [0.25, 0.3) is 0 Å². The van der Waals surface area contributed by atoms with Crippen molar-refractivity contribution < 1.29 is 19.1 Å². The van der Waals surface area contributed by atoms with E-state index in [1.807, 2.05) is 13.8 Å². The summed E-state index contributed by atoms with van der Waals surface area (Å²) in [5.41, 5.74) is 2.97. The molecule has 1 heterocycles. The Labute approximate surface area is 146 Å². The van der Waals surface area contributed by atoms with Gasteiger partial charge in [0, 0.05) is 18.8 Å². The lowest BCUT2D eigenvalue weighted by Crippen LogP contribution is -2.33. The highest BCUT2D eigenvalue weighted by atomic mass is 16.5. The lowest BCUT2D eigenvalue weighted by atomic mass is 9.85. The summed E-state index contributed by atoms with van der Waals surface area (Å²) in [4.78, 5) is 38.3. The van der Waals surface area contributed by atoms with Crippen LogP contribution in [0, 0.1) is 23.7 Å². The molecule has 0 spiro atoms. The van der Waals surface area contributed by atoms with Gasteiger partial charge in [-0.15, -0.1) is 0 Å². The van der Waals surface area contributed by atoms with Gasteiger partial charge in [-0.2, -0.15) is 0 Å². The van der Waals surface area contributed by atoms with Gasteiger partial charge in [0.05, 0.1) is 17.5 Å². The molecule has 3 aliphatic rings. The van der Waals surface area contributed by atoms with Gasteiger partial charge in [-0.1, -0.05) is 23.3 Å². The zero-order valence-electron chi connectivity index (χ0n) is 14.4. The average Bonchev–Trinajstić information content (AvgIpc) is 3.18. The maximum Gasteiger partial charge on any atom is 0.308 e. The molecule has 1 saturated heterocycles. The van der Waals surface area contributed by atoms with Crippen molar-refractivity contribution in [2.75, 3.05) is 4.90 Å². The quantitative estimate of drug-likeness (QED) is 0.360. The first-order valence-corrected chi connectivity index (χ1v) is 8.42. The monoisotopic (exact) mass is 337 g/mol. The molecule has 5 nitrogen and oxygen atoms in total. The minimum absolute atomic E-state index is 0.0433. The van der Waals surface area contributed by atoms with E-state index in [1.165, 1.54) is 23.0 Å². The van der Waals surface area contributed by atoms with Crippen LogP contribution in [0.3, 0.4) is 0 Å². The van der Waals surface area contributed by atoms with Gasteiger partial charge in [-0.3, -0.25) is 14.4 Å². The van der Waals surface area contributed by atoms with E-state index < -0.39 is 5.97 Å². The second-order valence-corrected chi connectivity index (χ2v) is 7.04. The summed E-state index contributed by atoms with van der Waals surface area (Å²) < 4.78 is 5.00. The van der Waals surface area contributed by atoms with E-state index in [4.69, 9.17) is 4.74 Å². The van der Waals surface area contributed by atoms with Gasteiger partial charge in [-0.25, -0.2) is 4.90 Å². The van der Waals surface area contributed by atoms with Crippen molar-refractivity contribution in [1.29, 1.82) is 0 Å². The number of amides is 2. The summed E-state index contributed by atoms with van der Waals surface area (Å²) in [6.45, 7) is 5.42. The number of carbonyl (C=O) groups excluding carboxylic acids is 3. The third-order valence-electron chi connectivity index (χ3n) is 5.35. The molecule has 4 rings (SSSR count). The van der Waals surface area contributed by atoms with E-state index in [2.05, 4.69) is 12.2 Å². The van der Waals surface area contributed by atoms with Crippen molar-refractivity contribution in [2.45, 2.75) is 20.8 Å². The fourth-order valence-electron chi connectivity index (χ4n) is 4.51. The lowest BCUT2D eigenvalue weighted by Gasteiger charge is -2.19. The van der Waals surface area contributed by atoms with Gasteiger partial charge < -0.3 is 4.74 Å². The molecule has 1 aliphatic heterocycles. The molecule has 1 saturated carbocycles. The number of ether oxygens (including phenoxy) is 1. The summed E-state index contributed by atoms with van der Waals surface area (Å²) in [5, 5.41) is 0. The van der Waals surface area contributed by atoms with Crippen LogP contribution in [0.2, 0.25) is 0 Å². The standard InChI is InChI=1S/C20H19NO4/c1-10(2)16-14-8-9-15(16)18-17(14)19(23)21(20(18)24)12-4-6-13(7-5-12)25-11(3)22/h4-9,14-15,17-18H,1-3H3/t14-,15-,17-,18+/m0/s1. The lowest BCUT2D eigenvalue weighted by molar-refractivity contribution is -0.132. The molecular weight excluding hydrogens is 318 g/mol. The molecule has 2 bridgehead atoms. The van der Waals surface area contributed by atoms with Crippen LogP contribution in [0.1, 0.15) is 20.8 Å². The molecule has 128 valence electrons. The summed E-state index contributed by atoms with van der Waals surface area (Å²) >= 11 is 0. The maximum atomic E-state index is 13.0. The average molecular weight is 337 g/mol. The van der Waals surface area contributed by atoms with Crippen molar-refractivity contribution in [2.24, 2.45) is 23.7 Å². The van der Waals surface area contributed by atoms with Crippen LogP contribution in [-0.2, 0) is 14.4 Å². The number of anilines is 1. The Hall–Kier alpha value is -2.69. The predicted molar refractivity (Wildman–Crippen MR) is 91.7 cm³/mol. The van der Waals surface area contributed by atoms with Crippen molar-refractivity contribution in [3.63, 3.8) is 0 Å². The topological polar surface area (TPSA) is 63.7 Å². The zero-order valence-corrected chi connectivity index (χ0v) is 14.4. The van der Waals surface area contributed by atoms with Crippen LogP contribution in [0.5, 0.6) is 5.75 Å². The summed E-state index contributed by atoms with van der Waals surface area (Å²) in [7, 11) is 0. The van der Waals surface area contributed by atoms with Gasteiger partial charge in [0.15, 0.2) is 0 Å². The number of rotatable bonds is 2. The Kier molecular flexibility index (Phi) is 3.42. The molecule has 2 aliphatic carbocycles. The van der Waals surface area contributed by atoms with Crippen LogP contribution in [0.15, 0.2) is 47.6 Å². The van der Waals surface area contributed by atoms with E-state index in [-0.39, 0.29) is 35.5 Å². The van der Waals surface area contributed by atoms with Crippen LogP contribution < -0.4 is 9.64 Å². The summed E-state index contributed by atoms with van der Waals surface area (Å²) in [5.74, 6) is -0.780. The number of hydrogen-bond donors (Lipinski definition) is 0. The second kappa shape index (κ2) is 5.41. The van der Waals surface area contributed by atoms with Crippen LogP contribution in [-0.4, -0.2) is 17.8 Å². The highest BCUT2D eigenvalue weighted by molar-refractivity contribution is 6.23. The van der Waals surface area contributed by atoms with Crippen molar-refractivity contribution in [3.05, 3.63) is 47.6 Å². The summed E-state index contributed by atoms with van der Waals surface area (Å²) in [6.07, 6.45) is 4.15. The van der Waals surface area contributed by atoms with Crippen molar-refractivity contribution in [1.82, 2.24) is 0 Å².